The minimum absolute atomic E-state index is 0.256. The van der Waals surface area contributed by atoms with Gasteiger partial charge in [0.15, 0.2) is 0 Å². The number of ether oxygens (including phenoxy) is 3. The van der Waals surface area contributed by atoms with Crippen LogP contribution in [0.15, 0.2) is 30.6 Å². The molecule has 2 aromatic rings. The Morgan fingerprint density at radius 1 is 0.952 bits per heavy atom. The van der Waals surface area contributed by atoms with E-state index < -0.39 is 0 Å². The van der Waals surface area contributed by atoms with Crippen molar-refractivity contribution in [3.05, 3.63) is 41.9 Å². The number of hydrogen-bond acceptors (Lipinski definition) is 5. The molecule has 21 heavy (non-hydrogen) atoms. The molecule has 2 rings (SSSR count). The normalized spacial score (nSPS) is 11.8. The molecule has 0 saturated carbocycles. The average molecular weight is 309 g/mol. The predicted octanol–water partition coefficient (Wildman–Crippen LogP) is 3.03. The van der Waals surface area contributed by atoms with Gasteiger partial charge in [0.1, 0.15) is 17.8 Å². The fourth-order valence-corrected chi connectivity index (χ4v) is 2.20. The molecule has 1 aromatic heterocycles. The predicted molar refractivity (Wildman–Crippen MR) is 80.4 cm³/mol. The van der Waals surface area contributed by atoms with Gasteiger partial charge in [-0.15, -0.1) is 11.6 Å². The summed E-state index contributed by atoms with van der Waals surface area (Å²) in [5, 5.41) is -0.256. The van der Waals surface area contributed by atoms with Crippen molar-refractivity contribution < 1.29 is 14.2 Å². The molecule has 0 spiro atoms. The molecule has 0 amide bonds. The zero-order valence-corrected chi connectivity index (χ0v) is 12.9. The van der Waals surface area contributed by atoms with Gasteiger partial charge < -0.3 is 14.2 Å². The minimum Gasteiger partial charge on any atom is -0.497 e. The van der Waals surface area contributed by atoms with Gasteiger partial charge in [0.25, 0.3) is 0 Å². The third-order valence-electron chi connectivity index (χ3n) is 3.03. The molecule has 0 N–H and O–H groups in total. The summed E-state index contributed by atoms with van der Waals surface area (Å²) in [6, 6.07) is 7.35. The van der Waals surface area contributed by atoms with Gasteiger partial charge in [-0.25, -0.2) is 9.97 Å². The smallest absolute Gasteiger partial charge is 0.216 e. The summed E-state index contributed by atoms with van der Waals surface area (Å²) in [7, 11) is 4.78. The Morgan fingerprint density at radius 2 is 1.62 bits per heavy atom. The van der Waals surface area contributed by atoms with E-state index in [1.807, 2.05) is 12.1 Å². The summed E-state index contributed by atoms with van der Waals surface area (Å²) in [5.74, 6) is 1.93. The first-order chi connectivity index (χ1) is 10.2. The molecule has 0 radical (unpaired) electrons. The summed E-state index contributed by atoms with van der Waals surface area (Å²) in [5.41, 5.74) is 1.72. The van der Waals surface area contributed by atoms with Crippen LogP contribution in [-0.2, 0) is 6.42 Å². The van der Waals surface area contributed by atoms with E-state index in [0.29, 0.717) is 23.8 Å². The van der Waals surface area contributed by atoms with Crippen LogP contribution in [0, 0.1) is 0 Å². The van der Waals surface area contributed by atoms with E-state index >= 15 is 0 Å². The molecule has 1 atom stereocenters. The number of hydrogen-bond donors (Lipinski definition) is 0. The van der Waals surface area contributed by atoms with Crippen LogP contribution in [0.25, 0.3) is 0 Å². The van der Waals surface area contributed by atoms with Crippen molar-refractivity contribution in [1.82, 2.24) is 9.97 Å². The monoisotopic (exact) mass is 308 g/mol. The van der Waals surface area contributed by atoms with Crippen molar-refractivity contribution in [3.63, 3.8) is 0 Å². The molecule has 0 fully saturated rings. The molecule has 0 aliphatic heterocycles. The summed E-state index contributed by atoms with van der Waals surface area (Å²) < 4.78 is 15.6. The minimum atomic E-state index is -0.256. The molecule has 1 heterocycles. The third-order valence-corrected chi connectivity index (χ3v) is 3.44. The molecule has 6 heteroatoms. The molecule has 1 unspecified atom stereocenters. The number of halogens is 1. The highest BCUT2D eigenvalue weighted by Gasteiger charge is 2.13. The topological polar surface area (TPSA) is 53.5 Å². The zero-order valence-electron chi connectivity index (χ0n) is 12.2. The average Bonchev–Trinajstić information content (AvgIpc) is 2.54. The third kappa shape index (κ3) is 3.98. The molecule has 5 nitrogen and oxygen atoms in total. The Balaban J connectivity index is 2.20. The number of alkyl halides is 1. The van der Waals surface area contributed by atoms with E-state index in [-0.39, 0.29) is 5.38 Å². The molecule has 0 aliphatic rings. The quantitative estimate of drug-likeness (QED) is 0.768. The lowest BCUT2D eigenvalue weighted by molar-refractivity contribution is 0.393. The Bertz CT molecular complexity index is 585. The van der Waals surface area contributed by atoms with Crippen molar-refractivity contribution in [2.45, 2.75) is 11.8 Å². The highest BCUT2D eigenvalue weighted by molar-refractivity contribution is 6.21. The number of methoxy groups -OCH3 is 3. The summed E-state index contributed by atoms with van der Waals surface area (Å²) in [6.07, 6.45) is 2.01. The summed E-state index contributed by atoms with van der Waals surface area (Å²) >= 11 is 6.48. The largest absolute Gasteiger partial charge is 0.497 e. The first-order valence-corrected chi connectivity index (χ1v) is 6.82. The molecular formula is C15H17ClN2O3. The van der Waals surface area contributed by atoms with Gasteiger partial charge in [-0.3, -0.25) is 0 Å². The van der Waals surface area contributed by atoms with Crippen molar-refractivity contribution in [2.75, 3.05) is 21.3 Å². The Kier molecular flexibility index (Phi) is 5.22. The van der Waals surface area contributed by atoms with Crippen LogP contribution in [0.3, 0.4) is 0 Å². The molecule has 0 aliphatic carbocycles. The lowest BCUT2D eigenvalue weighted by Crippen LogP contribution is -2.01. The van der Waals surface area contributed by atoms with Crippen molar-refractivity contribution in [2.24, 2.45) is 0 Å². The molecule has 1 aromatic carbocycles. The van der Waals surface area contributed by atoms with Crippen LogP contribution in [0.2, 0.25) is 0 Å². The second-order valence-corrected chi connectivity index (χ2v) is 4.90. The number of nitrogens with zero attached hydrogens (tertiary/aromatic N) is 2. The maximum atomic E-state index is 6.48. The fraction of sp³-hybridized carbons (Fsp3) is 0.333. The number of aromatic nitrogens is 2. The first kappa shape index (κ1) is 15.4. The van der Waals surface area contributed by atoms with Gasteiger partial charge in [-0.05, 0) is 17.7 Å². The van der Waals surface area contributed by atoms with Gasteiger partial charge in [0.2, 0.25) is 5.88 Å². The lowest BCUT2D eigenvalue weighted by Gasteiger charge is -2.13. The van der Waals surface area contributed by atoms with Crippen LogP contribution in [0.5, 0.6) is 17.4 Å². The molecule has 0 bridgehead atoms. The fourth-order valence-electron chi connectivity index (χ4n) is 1.91. The first-order valence-electron chi connectivity index (χ1n) is 6.38. The molecule has 112 valence electrons. The standard InChI is InChI=1S/C15H17ClN2O3/c1-19-12-4-10(5-13(8-12)20-2)14(16)6-11-7-15(21-3)18-9-17-11/h4-5,7-9,14H,6H2,1-3H3. The van der Waals surface area contributed by atoms with Crippen molar-refractivity contribution in [3.8, 4) is 17.4 Å². The second-order valence-electron chi connectivity index (χ2n) is 4.37. The maximum Gasteiger partial charge on any atom is 0.216 e. The van der Waals surface area contributed by atoms with Crippen LogP contribution in [-0.4, -0.2) is 31.3 Å². The SMILES string of the molecule is COc1cc(OC)cc(C(Cl)Cc2cc(OC)ncn2)c1. The lowest BCUT2D eigenvalue weighted by atomic mass is 10.1. The highest BCUT2D eigenvalue weighted by Crippen LogP contribution is 2.31. The molecular weight excluding hydrogens is 292 g/mol. The summed E-state index contributed by atoms with van der Waals surface area (Å²) in [6.45, 7) is 0. The highest BCUT2D eigenvalue weighted by atomic mass is 35.5. The van der Waals surface area contributed by atoms with Gasteiger partial charge >= 0.3 is 0 Å². The van der Waals surface area contributed by atoms with Crippen molar-refractivity contribution in [1.29, 1.82) is 0 Å². The van der Waals surface area contributed by atoms with Crippen LogP contribution in [0.1, 0.15) is 16.6 Å². The Hall–Kier alpha value is -2.01. The molecule has 0 saturated heterocycles. The van der Waals surface area contributed by atoms with Gasteiger partial charge in [-0.1, -0.05) is 0 Å². The maximum absolute atomic E-state index is 6.48. The van der Waals surface area contributed by atoms with Gasteiger partial charge in [0, 0.05) is 24.2 Å². The Labute approximate surface area is 128 Å². The van der Waals surface area contributed by atoms with Crippen molar-refractivity contribution >= 4 is 11.6 Å². The van der Waals surface area contributed by atoms with E-state index in [1.54, 1.807) is 33.5 Å². The number of rotatable bonds is 6. The van der Waals surface area contributed by atoms with E-state index in [4.69, 9.17) is 25.8 Å². The van der Waals surface area contributed by atoms with E-state index in [0.717, 1.165) is 11.3 Å². The Morgan fingerprint density at radius 3 is 2.19 bits per heavy atom. The van der Waals surface area contributed by atoms with Gasteiger partial charge in [-0.2, -0.15) is 0 Å². The van der Waals surface area contributed by atoms with E-state index in [2.05, 4.69) is 9.97 Å². The van der Waals surface area contributed by atoms with Crippen LogP contribution < -0.4 is 14.2 Å². The van der Waals surface area contributed by atoms with E-state index in [9.17, 15) is 0 Å². The summed E-state index contributed by atoms with van der Waals surface area (Å²) in [4.78, 5) is 8.18. The number of benzene rings is 1. The van der Waals surface area contributed by atoms with Crippen LogP contribution >= 0.6 is 11.6 Å². The zero-order chi connectivity index (χ0) is 15.2. The second kappa shape index (κ2) is 7.13. The van der Waals surface area contributed by atoms with Gasteiger partial charge in [0.05, 0.1) is 26.7 Å². The van der Waals surface area contributed by atoms with Crippen LogP contribution in [0.4, 0.5) is 0 Å². The van der Waals surface area contributed by atoms with E-state index in [1.165, 1.54) is 6.33 Å².